The van der Waals surface area contributed by atoms with E-state index < -0.39 is 0 Å². The first-order chi connectivity index (χ1) is 6.68. The minimum Gasteiger partial charge on any atom is -0.328 e. The summed E-state index contributed by atoms with van der Waals surface area (Å²) in [6.07, 6.45) is 3.72. The van der Waals surface area contributed by atoms with Crippen LogP contribution in [0.3, 0.4) is 0 Å². The quantitative estimate of drug-likeness (QED) is 0.766. The van der Waals surface area contributed by atoms with Gasteiger partial charge in [0.05, 0.1) is 6.20 Å². The van der Waals surface area contributed by atoms with Crippen molar-refractivity contribution in [2.45, 2.75) is 32.2 Å². The SMILES string of the molecule is CC(N)CCCC(=O)Nc1cnns1. The molecule has 0 bridgehead atoms. The van der Waals surface area contributed by atoms with Gasteiger partial charge >= 0.3 is 0 Å². The van der Waals surface area contributed by atoms with E-state index in [9.17, 15) is 4.79 Å². The van der Waals surface area contributed by atoms with Crippen LogP contribution >= 0.6 is 11.5 Å². The standard InChI is InChI=1S/C8H14N4OS/c1-6(9)3-2-4-7(13)11-8-5-10-12-14-8/h5-6H,2-4,9H2,1H3,(H,11,13). The zero-order valence-electron chi connectivity index (χ0n) is 8.06. The predicted molar refractivity (Wildman–Crippen MR) is 56.0 cm³/mol. The van der Waals surface area contributed by atoms with E-state index in [-0.39, 0.29) is 11.9 Å². The number of hydrogen-bond acceptors (Lipinski definition) is 5. The fraction of sp³-hybridized carbons (Fsp3) is 0.625. The Morgan fingerprint density at radius 2 is 2.57 bits per heavy atom. The first kappa shape index (κ1) is 11.1. The molecule has 0 spiro atoms. The molecule has 1 unspecified atom stereocenters. The van der Waals surface area contributed by atoms with Crippen molar-refractivity contribution in [1.29, 1.82) is 0 Å². The van der Waals surface area contributed by atoms with Crippen LogP contribution in [0, 0.1) is 0 Å². The number of carbonyl (C=O) groups is 1. The Labute approximate surface area is 86.9 Å². The third-order valence-electron chi connectivity index (χ3n) is 1.69. The van der Waals surface area contributed by atoms with Gasteiger partial charge in [0, 0.05) is 24.0 Å². The number of carbonyl (C=O) groups excluding carboxylic acids is 1. The zero-order valence-corrected chi connectivity index (χ0v) is 8.88. The van der Waals surface area contributed by atoms with E-state index in [0.717, 1.165) is 12.8 Å². The van der Waals surface area contributed by atoms with Crippen molar-refractivity contribution in [1.82, 2.24) is 9.59 Å². The zero-order chi connectivity index (χ0) is 10.4. The number of aromatic nitrogens is 2. The molecule has 0 radical (unpaired) electrons. The molecule has 1 heterocycles. The minimum atomic E-state index is -0.00306. The molecule has 6 heteroatoms. The van der Waals surface area contributed by atoms with Crippen LogP contribution in [0.15, 0.2) is 6.20 Å². The van der Waals surface area contributed by atoms with Crippen molar-refractivity contribution in [3.8, 4) is 0 Å². The van der Waals surface area contributed by atoms with E-state index in [0.29, 0.717) is 11.4 Å². The van der Waals surface area contributed by atoms with Crippen LogP contribution in [-0.4, -0.2) is 21.5 Å². The van der Waals surface area contributed by atoms with Crippen molar-refractivity contribution in [3.05, 3.63) is 6.20 Å². The highest BCUT2D eigenvalue weighted by molar-refractivity contribution is 7.10. The van der Waals surface area contributed by atoms with Gasteiger partial charge in [0.1, 0.15) is 5.00 Å². The van der Waals surface area contributed by atoms with Gasteiger partial charge in [0.2, 0.25) is 5.91 Å². The lowest BCUT2D eigenvalue weighted by Gasteiger charge is -2.04. The van der Waals surface area contributed by atoms with Crippen LogP contribution in [0.1, 0.15) is 26.2 Å². The number of nitrogens with two attached hydrogens (primary N) is 1. The first-order valence-electron chi connectivity index (χ1n) is 4.51. The third kappa shape index (κ3) is 4.29. The number of anilines is 1. The summed E-state index contributed by atoms with van der Waals surface area (Å²) in [6.45, 7) is 1.94. The molecular formula is C8H14N4OS. The molecule has 1 amide bonds. The van der Waals surface area contributed by atoms with Crippen molar-refractivity contribution in [3.63, 3.8) is 0 Å². The van der Waals surface area contributed by atoms with Crippen molar-refractivity contribution < 1.29 is 4.79 Å². The normalized spacial score (nSPS) is 12.4. The fourth-order valence-corrected chi connectivity index (χ4v) is 1.44. The molecule has 78 valence electrons. The van der Waals surface area contributed by atoms with Gasteiger partial charge in [0.15, 0.2) is 0 Å². The summed E-state index contributed by atoms with van der Waals surface area (Å²) < 4.78 is 3.64. The summed E-state index contributed by atoms with van der Waals surface area (Å²) in [5.41, 5.74) is 5.57. The van der Waals surface area contributed by atoms with Crippen LogP contribution in [-0.2, 0) is 4.79 Å². The Hall–Kier alpha value is -1.01. The van der Waals surface area contributed by atoms with Gasteiger partial charge in [0.25, 0.3) is 0 Å². The average molecular weight is 214 g/mol. The molecule has 1 aromatic rings. The van der Waals surface area contributed by atoms with Crippen molar-refractivity contribution >= 4 is 22.4 Å². The van der Waals surface area contributed by atoms with Crippen molar-refractivity contribution in [2.75, 3.05) is 5.32 Å². The second-order valence-electron chi connectivity index (χ2n) is 3.20. The van der Waals surface area contributed by atoms with Gasteiger partial charge in [-0.1, -0.05) is 4.49 Å². The Kier molecular flexibility index (Phi) is 4.48. The lowest BCUT2D eigenvalue weighted by molar-refractivity contribution is -0.116. The highest BCUT2D eigenvalue weighted by Crippen LogP contribution is 2.10. The molecule has 1 aromatic heterocycles. The lowest BCUT2D eigenvalue weighted by Crippen LogP contribution is -2.16. The van der Waals surface area contributed by atoms with E-state index in [1.807, 2.05) is 6.92 Å². The molecule has 5 nitrogen and oxygen atoms in total. The van der Waals surface area contributed by atoms with Gasteiger partial charge in [-0.2, -0.15) is 0 Å². The predicted octanol–water partition coefficient (Wildman–Crippen LogP) is 0.994. The number of nitrogens with one attached hydrogen (secondary N) is 1. The molecule has 0 fully saturated rings. The molecule has 0 saturated carbocycles. The molecule has 0 aliphatic heterocycles. The molecule has 0 saturated heterocycles. The summed E-state index contributed by atoms with van der Waals surface area (Å²) in [6, 6.07) is 0.160. The molecule has 0 aliphatic carbocycles. The maximum absolute atomic E-state index is 11.3. The summed E-state index contributed by atoms with van der Waals surface area (Å²) >= 11 is 1.17. The number of rotatable bonds is 5. The first-order valence-corrected chi connectivity index (χ1v) is 5.28. The molecule has 14 heavy (non-hydrogen) atoms. The fourth-order valence-electron chi connectivity index (χ4n) is 1.01. The number of nitrogens with zero attached hydrogens (tertiary/aromatic N) is 2. The molecule has 0 aromatic carbocycles. The number of hydrogen-bond donors (Lipinski definition) is 2. The highest BCUT2D eigenvalue weighted by Gasteiger charge is 2.04. The summed E-state index contributed by atoms with van der Waals surface area (Å²) in [4.78, 5) is 11.3. The van der Waals surface area contributed by atoms with Gasteiger partial charge in [-0.15, -0.1) is 5.10 Å². The largest absolute Gasteiger partial charge is 0.328 e. The lowest BCUT2D eigenvalue weighted by atomic mass is 10.1. The molecule has 1 atom stereocenters. The molecule has 3 N–H and O–H groups in total. The van der Waals surface area contributed by atoms with E-state index in [1.165, 1.54) is 17.7 Å². The van der Waals surface area contributed by atoms with Gasteiger partial charge < -0.3 is 11.1 Å². The molecular weight excluding hydrogens is 200 g/mol. The second-order valence-corrected chi connectivity index (χ2v) is 3.99. The van der Waals surface area contributed by atoms with Crippen LogP contribution in [0.2, 0.25) is 0 Å². The Morgan fingerprint density at radius 1 is 1.79 bits per heavy atom. The molecule has 1 rings (SSSR count). The van der Waals surface area contributed by atoms with E-state index in [1.54, 1.807) is 0 Å². The molecule has 0 aliphatic rings. The van der Waals surface area contributed by atoms with E-state index in [4.69, 9.17) is 5.73 Å². The minimum absolute atomic E-state index is 0.00306. The van der Waals surface area contributed by atoms with Gasteiger partial charge in [-0.3, -0.25) is 4.79 Å². The van der Waals surface area contributed by atoms with E-state index in [2.05, 4.69) is 14.9 Å². The third-order valence-corrected chi connectivity index (χ3v) is 2.27. The van der Waals surface area contributed by atoms with Crippen LogP contribution < -0.4 is 11.1 Å². The summed E-state index contributed by atoms with van der Waals surface area (Å²) in [5, 5.41) is 7.02. The Bertz CT molecular complexity index is 273. The summed E-state index contributed by atoms with van der Waals surface area (Å²) in [5.74, 6) is -0.00306. The van der Waals surface area contributed by atoms with E-state index >= 15 is 0 Å². The van der Waals surface area contributed by atoms with Crippen LogP contribution in [0.25, 0.3) is 0 Å². The Balaban J connectivity index is 2.17. The topological polar surface area (TPSA) is 80.9 Å². The second kappa shape index (κ2) is 5.66. The average Bonchev–Trinajstić information content (AvgIpc) is 2.56. The van der Waals surface area contributed by atoms with Crippen molar-refractivity contribution in [2.24, 2.45) is 5.73 Å². The van der Waals surface area contributed by atoms with Crippen LogP contribution in [0.4, 0.5) is 5.00 Å². The Morgan fingerprint density at radius 3 is 3.14 bits per heavy atom. The summed E-state index contributed by atoms with van der Waals surface area (Å²) in [7, 11) is 0. The number of amides is 1. The van der Waals surface area contributed by atoms with Gasteiger partial charge in [-0.25, -0.2) is 0 Å². The maximum Gasteiger partial charge on any atom is 0.225 e. The van der Waals surface area contributed by atoms with Crippen LogP contribution in [0.5, 0.6) is 0 Å². The van der Waals surface area contributed by atoms with Gasteiger partial charge in [-0.05, 0) is 19.8 Å². The monoisotopic (exact) mass is 214 g/mol. The smallest absolute Gasteiger partial charge is 0.225 e. The maximum atomic E-state index is 11.3. The highest BCUT2D eigenvalue weighted by atomic mass is 32.1.